The van der Waals surface area contributed by atoms with Crippen molar-refractivity contribution in [3.8, 4) is 22.9 Å². The van der Waals surface area contributed by atoms with E-state index in [1.54, 1.807) is 48.0 Å². The number of hydrogen-bond donors (Lipinski definition) is 2. The van der Waals surface area contributed by atoms with Crippen LogP contribution < -0.4 is 20.1 Å². The lowest BCUT2D eigenvalue weighted by Gasteiger charge is -2.07. The highest BCUT2D eigenvalue weighted by Gasteiger charge is 2.17. The second kappa shape index (κ2) is 8.41. The zero-order valence-electron chi connectivity index (χ0n) is 15.7. The monoisotopic (exact) mass is 429 g/mol. The van der Waals surface area contributed by atoms with Crippen LogP contribution in [0.1, 0.15) is 0 Å². The van der Waals surface area contributed by atoms with E-state index in [-0.39, 0.29) is 12.5 Å². The number of amides is 3. The number of urea groups is 1. The van der Waals surface area contributed by atoms with Crippen LogP contribution in [0.15, 0.2) is 47.6 Å². The largest absolute Gasteiger partial charge is 0.454 e. The SMILES string of the molecule is Cn1c(SCC(=O)NC(=O)Nc2ccc3c(c2)OCO3)nnc1-c1ccccc1F. The van der Waals surface area contributed by atoms with Crippen molar-refractivity contribution in [2.45, 2.75) is 5.16 Å². The molecule has 0 spiro atoms. The van der Waals surface area contributed by atoms with Crippen LogP contribution in [-0.4, -0.2) is 39.2 Å². The van der Waals surface area contributed by atoms with Gasteiger partial charge in [-0.3, -0.25) is 10.1 Å². The summed E-state index contributed by atoms with van der Waals surface area (Å²) in [6.45, 7) is 0.126. The third-order valence-corrected chi connectivity index (χ3v) is 5.19. The summed E-state index contributed by atoms with van der Waals surface area (Å²) in [7, 11) is 1.67. The van der Waals surface area contributed by atoms with Gasteiger partial charge in [0.1, 0.15) is 5.82 Å². The quantitative estimate of drug-likeness (QED) is 0.601. The van der Waals surface area contributed by atoms with E-state index in [1.807, 2.05) is 0 Å². The standard InChI is InChI=1S/C19H16FN5O4S/c1-25-17(12-4-2-3-5-13(12)20)23-24-19(25)30-9-16(26)22-18(27)21-11-6-7-14-15(8-11)29-10-28-14/h2-8H,9-10H2,1H3,(H2,21,22,26,27). The molecule has 0 unspecified atom stereocenters. The number of carbonyl (C=O) groups excluding carboxylic acids is 2. The van der Waals surface area contributed by atoms with E-state index in [2.05, 4.69) is 20.8 Å². The van der Waals surface area contributed by atoms with Crippen molar-refractivity contribution in [1.29, 1.82) is 0 Å². The maximum atomic E-state index is 14.0. The van der Waals surface area contributed by atoms with Gasteiger partial charge in [0.15, 0.2) is 22.5 Å². The van der Waals surface area contributed by atoms with Gasteiger partial charge < -0.3 is 19.4 Å². The first-order chi connectivity index (χ1) is 14.5. The summed E-state index contributed by atoms with van der Waals surface area (Å²) in [6.07, 6.45) is 0. The van der Waals surface area contributed by atoms with Gasteiger partial charge in [0, 0.05) is 18.8 Å². The van der Waals surface area contributed by atoms with E-state index >= 15 is 0 Å². The molecular weight excluding hydrogens is 413 g/mol. The van der Waals surface area contributed by atoms with Crippen LogP contribution in [0.3, 0.4) is 0 Å². The average Bonchev–Trinajstić information content (AvgIpc) is 3.33. The van der Waals surface area contributed by atoms with Crippen LogP contribution in [0.25, 0.3) is 11.4 Å². The Hall–Kier alpha value is -3.60. The number of anilines is 1. The van der Waals surface area contributed by atoms with E-state index < -0.39 is 17.8 Å². The number of nitrogens with one attached hydrogen (secondary N) is 2. The topological polar surface area (TPSA) is 107 Å². The lowest BCUT2D eigenvalue weighted by molar-refractivity contribution is -0.117. The maximum Gasteiger partial charge on any atom is 0.325 e. The van der Waals surface area contributed by atoms with Crippen LogP contribution in [-0.2, 0) is 11.8 Å². The summed E-state index contributed by atoms with van der Waals surface area (Å²) < 4.78 is 26.0. The number of ether oxygens (including phenoxy) is 2. The normalized spacial score (nSPS) is 11.9. The third-order valence-electron chi connectivity index (χ3n) is 4.17. The molecule has 0 aliphatic carbocycles. The molecule has 3 aromatic rings. The molecule has 2 N–H and O–H groups in total. The smallest absolute Gasteiger partial charge is 0.325 e. The molecule has 9 nitrogen and oxygen atoms in total. The van der Waals surface area contributed by atoms with Crippen LogP contribution in [0.4, 0.5) is 14.9 Å². The van der Waals surface area contributed by atoms with Crippen molar-refractivity contribution >= 4 is 29.4 Å². The van der Waals surface area contributed by atoms with Crippen LogP contribution in [0.5, 0.6) is 11.5 Å². The van der Waals surface area contributed by atoms with Crippen molar-refractivity contribution in [2.24, 2.45) is 7.05 Å². The van der Waals surface area contributed by atoms with Crippen molar-refractivity contribution in [1.82, 2.24) is 20.1 Å². The van der Waals surface area contributed by atoms with Crippen molar-refractivity contribution in [3.05, 3.63) is 48.3 Å². The van der Waals surface area contributed by atoms with E-state index in [0.29, 0.717) is 33.7 Å². The molecule has 0 fully saturated rings. The van der Waals surface area contributed by atoms with Crippen molar-refractivity contribution in [3.63, 3.8) is 0 Å². The minimum Gasteiger partial charge on any atom is -0.454 e. The van der Waals surface area contributed by atoms with Gasteiger partial charge in [-0.2, -0.15) is 0 Å². The summed E-state index contributed by atoms with van der Waals surface area (Å²) in [5, 5.41) is 13.2. The van der Waals surface area contributed by atoms with Crippen LogP contribution in [0, 0.1) is 5.82 Å². The van der Waals surface area contributed by atoms with Crippen LogP contribution in [0.2, 0.25) is 0 Å². The second-order valence-corrected chi connectivity index (χ2v) is 7.15. The van der Waals surface area contributed by atoms with Gasteiger partial charge in [-0.15, -0.1) is 10.2 Å². The molecule has 2 aromatic carbocycles. The first-order valence-electron chi connectivity index (χ1n) is 8.79. The Kier molecular flexibility index (Phi) is 5.53. The lowest BCUT2D eigenvalue weighted by atomic mass is 10.2. The molecule has 1 aromatic heterocycles. The molecule has 11 heteroatoms. The molecule has 3 amide bonds. The molecule has 30 heavy (non-hydrogen) atoms. The Morgan fingerprint density at radius 2 is 1.97 bits per heavy atom. The molecule has 2 heterocycles. The Bertz CT molecular complexity index is 1120. The Morgan fingerprint density at radius 1 is 1.17 bits per heavy atom. The molecule has 4 rings (SSSR count). The predicted octanol–water partition coefficient (Wildman–Crippen LogP) is 2.79. The van der Waals surface area contributed by atoms with Gasteiger partial charge in [0.2, 0.25) is 12.7 Å². The number of thioether (sulfide) groups is 1. The highest BCUT2D eigenvalue weighted by Crippen LogP contribution is 2.34. The molecule has 154 valence electrons. The fourth-order valence-corrected chi connectivity index (χ4v) is 3.46. The summed E-state index contributed by atoms with van der Waals surface area (Å²) in [5.41, 5.74) is 0.770. The van der Waals surface area contributed by atoms with Gasteiger partial charge >= 0.3 is 6.03 Å². The molecule has 0 radical (unpaired) electrons. The number of fused-ring (bicyclic) bond motifs is 1. The molecular formula is C19H16FN5O4S. The van der Waals surface area contributed by atoms with Crippen molar-refractivity contribution in [2.75, 3.05) is 17.9 Å². The van der Waals surface area contributed by atoms with Crippen molar-refractivity contribution < 1.29 is 23.5 Å². The van der Waals surface area contributed by atoms with E-state index in [9.17, 15) is 14.0 Å². The first kappa shape index (κ1) is 19.7. The fraction of sp³-hybridized carbons (Fsp3) is 0.158. The van der Waals surface area contributed by atoms with E-state index in [0.717, 1.165) is 11.8 Å². The molecule has 1 aliphatic rings. The van der Waals surface area contributed by atoms with Crippen LogP contribution >= 0.6 is 11.8 Å². The average molecular weight is 429 g/mol. The molecule has 0 saturated carbocycles. The van der Waals surface area contributed by atoms with Gasteiger partial charge in [-0.1, -0.05) is 23.9 Å². The first-order valence-corrected chi connectivity index (χ1v) is 9.77. The molecule has 1 aliphatic heterocycles. The third kappa shape index (κ3) is 4.20. The number of imide groups is 1. The van der Waals surface area contributed by atoms with E-state index in [1.165, 1.54) is 6.07 Å². The molecule has 0 saturated heterocycles. The number of hydrogen-bond acceptors (Lipinski definition) is 7. The summed E-state index contributed by atoms with van der Waals surface area (Å²) in [5.74, 6) is 0.444. The Balaban J connectivity index is 1.32. The number of nitrogens with zero attached hydrogens (tertiary/aromatic N) is 3. The Labute approximate surface area is 174 Å². The number of carbonyl (C=O) groups is 2. The minimum absolute atomic E-state index is 0.0716. The summed E-state index contributed by atoms with van der Waals surface area (Å²) in [6, 6.07) is 10.4. The van der Waals surface area contributed by atoms with Gasteiger partial charge in [0.05, 0.1) is 11.3 Å². The second-order valence-electron chi connectivity index (χ2n) is 6.20. The predicted molar refractivity (Wildman–Crippen MR) is 107 cm³/mol. The molecule has 0 atom stereocenters. The molecule has 0 bridgehead atoms. The van der Waals surface area contributed by atoms with Gasteiger partial charge in [-0.25, -0.2) is 9.18 Å². The summed E-state index contributed by atoms with van der Waals surface area (Å²) >= 11 is 1.08. The number of aromatic nitrogens is 3. The summed E-state index contributed by atoms with van der Waals surface area (Å²) in [4.78, 5) is 24.1. The zero-order valence-corrected chi connectivity index (χ0v) is 16.5. The fourth-order valence-electron chi connectivity index (χ4n) is 2.75. The lowest BCUT2D eigenvalue weighted by Crippen LogP contribution is -2.35. The number of benzene rings is 2. The maximum absolute atomic E-state index is 14.0. The van der Waals surface area contributed by atoms with Gasteiger partial charge in [-0.05, 0) is 24.3 Å². The minimum atomic E-state index is -0.676. The van der Waals surface area contributed by atoms with Gasteiger partial charge in [0.25, 0.3) is 0 Å². The Morgan fingerprint density at radius 3 is 2.80 bits per heavy atom. The highest BCUT2D eigenvalue weighted by atomic mass is 32.2. The van der Waals surface area contributed by atoms with E-state index in [4.69, 9.17) is 9.47 Å². The zero-order chi connectivity index (χ0) is 21.1. The highest BCUT2D eigenvalue weighted by molar-refractivity contribution is 7.99. The number of halogens is 1. The number of rotatable bonds is 5.